The van der Waals surface area contributed by atoms with Crippen molar-refractivity contribution in [3.05, 3.63) is 47.0 Å². The maximum atomic E-state index is 12.5. The molecule has 2 aromatic carbocycles. The summed E-state index contributed by atoms with van der Waals surface area (Å²) in [4.78, 5) is 15.2. The van der Waals surface area contributed by atoms with Crippen LogP contribution in [-0.2, 0) is 9.53 Å². The number of hydroxylamine groups is 2. The number of nitrogens with zero attached hydrogens (tertiary/aromatic N) is 2. The monoisotopic (exact) mass is 466 g/mol. The lowest BCUT2D eigenvalue weighted by molar-refractivity contribution is -0.116. The Morgan fingerprint density at radius 2 is 2.00 bits per heavy atom. The number of anilines is 1. The van der Waals surface area contributed by atoms with Gasteiger partial charge in [0.05, 0.1) is 26.0 Å². The Balaban J connectivity index is 1.79. The molecule has 2 aromatic rings. The van der Waals surface area contributed by atoms with Gasteiger partial charge in [-0.05, 0) is 42.8 Å². The second-order valence-corrected chi connectivity index (χ2v) is 8.58. The Morgan fingerprint density at radius 3 is 2.71 bits per heavy atom. The number of methoxy groups -OCH3 is 2. The fourth-order valence-electron chi connectivity index (χ4n) is 3.33. The van der Waals surface area contributed by atoms with E-state index in [2.05, 4.69) is 0 Å². The van der Waals surface area contributed by atoms with Crippen LogP contribution in [0.25, 0.3) is 0 Å². The number of benzene rings is 2. The van der Waals surface area contributed by atoms with Crippen LogP contribution in [0.4, 0.5) is 5.69 Å². The minimum absolute atomic E-state index is 0.0681. The average molecular weight is 467 g/mol. The molecule has 0 saturated carbocycles. The Morgan fingerprint density at radius 1 is 1.19 bits per heavy atom. The summed E-state index contributed by atoms with van der Waals surface area (Å²) in [6.45, 7) is 3.34. The van der Waals surface area contributed by atoms with Gasteiger partial charge >= 0.3 is 0 Å². The van der Waals surface area contributed by atoms with Crippen LogP contribution >= 0.6 is 23.4 Å². The molecule has 0 aromatic heterocycles. The van der Waals surface area contributed by atoms with Gasteiger partial charge < -0.3 is 19.4 Å². The van der Waals surface area contributed by atoms with Crippen molar-refractivity contribution in [1.29, 1.82) is 0 Å². The van der Waals surface area contributed by atoms with Crippen molar-refractivity contribution in [2.24, 2.45) is 0 Å². The molecule has 0 saturated heterocycles. The van der Waals surface area contributed by atoms with Gasteiger partial charge in [0.1, 0.15) is 16.9 Å². The van der Waals surface area contributed by atoms with E-state index in [9.17, 15) is 10.0 Å². The van der Waals surface area contributed by atoms with Gasteiger partial charge in [-0.2, -0.15) is 5.06 Å². The molecule has 1 atom stereocenters. The van der Waals surface area contributed by atoms with Gasteiger partial charge in [-0.3, -0.25) is 9.69 Å². The third kappa shape index (κ3) is 5.84. The number of hydrogen-bond donors (Lipinski definition) is 1. The molecule has 0 radical (unpaired) electrons. The van der Waals surface area contributed by atoms with Crippen molar-refractivity contribution in [1.82, 2.24) is 5.06 Å². The van der Waals surface area contributed by atoms with Crippen molar-refractivity contribution in [2.75, 3.05) is 45.4 Å². The second-order valence-electron chi connectivity index (χ2n) is 7.02. The Kier molecular flexibility index (Phi) is 8.45. The zero-order valence-corrected chi connectivity index (χ0v) is 19.4. The summed E-state index contributed by atoms with van der Waals surface area (Å²) in [6.07, 6.45) is 0.635. The van der Waals surface area contributed by atoms with Gasteiger partial charge in [-0.1, -0.05) is 23.4 Å². The molecule has 0 aliphatic carbocycles. The molecule has 1 unspecified atom stereocenters. The third-order valence-corrected chi connectivity index (χ3v) is 6.35. The second kappa shape index (κ2) is 11.1. The van der Waals surface area contributed by atoms with Crippen molar-refractivity contribution in [3.8, 4) is 11.5 Å². The summed E-state index contributed by atoms with van der Waals surface area (Å²) in [5.41, 5.74) is 1.67. The molecule has 168 valence electrons. The Labute approximate surface area is 191 Å². The SMILES string of the molecule is COCCN(O)CCCOc1ccc(OC)cc1C1Sc2cc(Cl)ccc2N1C(C)=O. The van der Waals surface area contributed by atoms with E-state index in [-0.39, 0.29) is 11.3 Å². The van der Waals surface area contributed by atoms with E-state index < -0.39 is 0 Å². The lowest BCUT2D eigenvalue weighted by atomic mass is 10.1. The molecule has 0 fully saturated rings. The summed E-state index contributed by atoms with van der Waals surface area (Å²) in [5.74, 6) is 1.28. The molecular formula is C22H27ClN2O5S. The molecule has 0 spiro atoms. The number of fused-ring (bicyclic) bond motifs is 1. The largest absolute Gasteiger partial charge is 0.497 e. The highest BCUT2D eigenvalue weighted by Gasteiger charge is 2.36. The first-order valence-electron chi connectivity index (χ1n) is 9.94. The number of amides is 1. The lowest BCUT2D eigenvalue weighted by Gasteiger charge is -2.25. The lowest BCUT2D eigenvalue weighted by Crippen LogP contribution is -2.28. The Bertz CT molecular complexity index is 913. The fraction of sp³-hybridized carbons (Fsp3) is 0.409. The molecule has 1 aliphatic rings. The van der Waals surface area contributed by atoms with Gasteiger partial charge in [-0.15, -0.1) is 0 Å². The summed E-state index contributed by atoms with van der Waals surface area (Å²) < 4.78 is 16.4. The van der Waals surface area contributed by atoms with E-state index in [0.29, 0.717) is 49.2 Å². The number of ether oxygens (including phenoxy) is 3. The van der Waals surface area contributed by atoms with Gasteiger partial charge in [0.25, 0.3) is 0 Å². The summed E-state index contributed by atoms with van der Waals surface area (Å²) in [7, 11) is 3.20. The molecule has 0 bridgehead atoms. The van der Waals surface area contributed by atoms with E-state index in [4.69, 9.17) is 25.8 Å². The van der Waals surface area contributed by atoms with E-state index in [1.54, 1.807) is 43.9 Å². The normalized spacial score (nSPS) is 15.3. The highest BCUT2D eigenvalue weighted by molar-refractivity contribution is 8.00. The highest BCUT2D eigenvalue weighted by Crippen LogP contribution is 2.54. The van der Waals surface area contributed by atoms with E-state index in [1.165, 1.54) is 5.06 Å². The van der Waals surface area contributed by atoms with Crippen molar-refractivity contribution < 1.29 is 24.2 Å². The van der Waals surface area contributed by atoms with Gasteiger partial charge in [-0.25, -0.2) is 0 Å². The number of halogens is 1. The van der Waals surface area contributed by atoms with Crippen LogP contribution < -0.4 is 14.4 Å². The van der Waals surface area contributed by atoms with Crippen LogP contribution in [0, 0.1) is 0 Å². The molecule has 9 heteroatoms. The number of thioether (sulfide) groups is 1. The summed E-state index contributed by atoms with van der Waals surface area (Å²) in [6, 6.07) is 11.1. The van der Waals surface area contributed by atoms with Crippen LogP contribution in [0.15, 0.2) is 41.3 Å². The highest BCUT2D eigenvalue weighted by atomic mass is 35.5. The van der Waals surface area contributed by atoms with Crippen LogP contribution in [0.5, 0.6) is 11.5 Å². The zero-order valence-electron chi connectivity index (χ0n) is 17.8. The van der Waals surface area contributed by atoms with Crippen molar-refractivity contribution in [3.63, 3.8) is 0 Å². The smallest absolute Gasteiger partial charge is 0.225 e. The van der Waals surface area contributed by atoms with Gasteiger partial charge in [0, 0.05) is 42.6 Å². The summed E-state index contributed by atoms with van der Waals surface area (Å²) in [5, 5.41) is 11.4. The molecule has 1 N–H and O–H groups in total. The first-order valence-corrected chi connectivity index (χ1v) is 11.2. The topological polar surface area (TPSA) is 71.5 Å². The van der Waals surface area contributed by atoms with E-state index >= 15 is 0 Å². The molecule has 1 amide bonds. The fourth-order valence-corrected chi connectivity index (χ4v) is 4.97. The predicted octanol–water partition coefficient (Wildman–Crippen LogP) is 4.61. The van der Waals surface area contributed by atoms with Crippen LogP contribution in [-0.4, -0.2) is 56.7 Å². The molecule has 7 nitrogen and oxygen atoms in total. The number of carbonyl (C=O) groups is 1. The average Bonchev–Trinajstić information content (AvgIpc) is 3.13. The molecule has 3 rings (SSSR count). The van der Waals surface area contributed by atoms with Crippen LogP contribution in [0.1, 0.15) is 24.3 Å². The Hall–Kier alpha value is -1.97. The zero-order chi connectivity index (χ0) is 22.4. The maximum absolute atomic E-state index is 12.5. The molecule has 31 heavy (non-hydrogen) atoms. The van der Waals surface area contributed by atoms with Crippen LogP contribution in [0.2, 0.25) is 5.02 Å². The maximum Gasteiger partial charge on any atom is 0.225 e. The third-order valence-electron chi connectivity index (χ3n) is 4.85. The minimum Gasteiger partial charge on any atom is -0.497 e. The number of hydrogen-bond acceptors (Lipinski definition) is 7. The van der Waals surface area contributed by atoms with Crippen molar-refractivity contribution in [2.45, 2.75) is 23.6 Å². The molecule has 1 aliphatic heterocycles. The van der Waals surface area contributed by atoms with E-state index in [0.717, 1.165) is 16.1 Å². The quantitative estimate of drug-likeness (QED) is 0.405. The van der Waals surface area contributed by atoms with Crippen molar-refractivity contribution >= 4 is 35.0 Å². The first kappa shape index (κ1) is 23.7. The van der Waals surface area contributed by atoms with Crippen LogP contribution in [0.3, 0.4) is 0 Å². The molecular weight excluding hydrogens is 440 g/mol. The predicted molar refractivity (Wildman–Crippen MR) is 122 cm³/mol. The van der Waals surface area contributed by atoms with Gasteiger partial charge in [0.2, 0.25) is 5.91 Å². The standard InChI is InChI=1S/C22H27ClN2O5S/c1-15(26)25-19-7-5-16(23)13-21(19)31-22(25)18-14-17(29-3)6-8-20(18)30-11-4-9-24(27)10-12-28-2/h5-8,13-14,22,27H,4,9-12H2,1-3H3. The van der Waals surface area contributed by atoms with E-state index in [1.807, 2.05) is 30.3 Å². The number of rotatable bonds is 10. The number of carbonyl (C=O) groups excluding carboxylic acids is 1. The minimum atomic E-state index is -0.299. The summed E-state index contributed by atoms with van der Waals surface area (Å²) >= 11 is 7.72. The van der Waals surface area contributed by atoms with Gasteiger partial charge in [0.15, 0.2) is 0 Å². The molecule has 1 heterocycles. The first-order chi connectivity index (χ1) is 14.9.